The molecule has 0 saturated carbocycles. The fourth-order valence-corrected chi connectivity index (χ4v) is 4.46. The van der Waals surface area contributed by atoms with E-state index in [1.807, 2.05) is 51.1 Å². The lowest BCUT2D eigenvalue weighted by Crippen LogP contribution is -2.41. The van der Waals surface area contributed by atoms with Crippen LogP contribution >= 0.6 is 0 Å². The number of aryl methyl sites for hydroxylation is 1. The predicted molar refractivity (Wildman–Crippen MR) is 129 cm³/mol. The van der Waals surface area contributed by atoms with E-state index in [9.17, 15) is 9.18 Å². The minimum atomic E-state index is -0.491. The summed E-state index contributed by atoms with van der Waals surface area (Å²) >= 11 is 0. The van der Waals surface area contributed by atoms with Gasteiger partial charge in [-0.25, -0.2) is 14.2 Å². The van der Waals surface area contributed by atoms with Gasteiger partial charge in [-0.05, 0) is 70.0 Å². The molecule has 0 unspecified atom stereocenters. The molecule has 1 aromatic carbocycles. The van der Waals surface area contributed by atoms with Gasteiger partial charge in [-0.3, -0.25) is 9.67 Å². The van der Waals surface area contributed by atoms with Crippen LogP contribution in [0.4, 0.5) is 9.18 Å². The van der Waals surface area contributed by atoms with Crippen molar-refractivity contribution < 1.29 is 13.9 Å². The van der Waals surface area contributed by atoms with Crippen molar-refractivity contribution in [2.75, 3.05) is 13.1 Å². The summed E-state index contributed by atoms with van der Waals surface area (Å²) in [6.07, 6.45) is 3.22. The molecule has 3 aromatic heterocycles. The number of benzene rings is 1. The zero-order valence-corrected chi connectivity index (χ0v) is 19.9. The predicted octanol–water partition coefficient (Wildman–Crippen LogP) is 5.44. The molecule has 4 heterocycles. The number of pyridine rings is 2. The molecule has 0 bridgehead atoms. The number of aromatic nitrogens is 4. The highest BCUT2D eigenvalue weighted by atomic mass is 19.1. The normalized spacial score (nSPS) is 15.3. The van der Waals surface area contributed by atoms with Crippen LogP contribution in [0.15, 0.2) is 42.6 Å². The molecule has 0 spiro atoms. The zero-order valence-electron chi connectivity index (χ0n) is 19.9. The van der Waals surface area contributed by atoms with Gasteiger partial charge in [-0.15, -0.1) is 0 Å². The van der Waals surface area contributed by atoms with Crippen molar-refractivity contribution in [1.29, 1.82) is 0 Å². The zero-order chi connectivity index (χ0) is 24.0. The maximum Gasteiger partial charge on any atom is 0.410 e. The van der Waals surface area contributed by atoms with Crippen LogP contribution < -0.4 is 0 Å². The number of rotatable bonds is 2. The smallest absolute Gasteiger partial charge is 0.410 e. The summed E-state index contributed by atoms with van der Waals surface area (Å²) in [5.74, 6) is -0.0777. The van der Waals surface area contributed by atoms with Crippen molar-refractivity contribution in [2.24, 2.45) is 7.05 Å². The SMILES string of the molecule is Cn1cc2cc(-c3ccc4nc(C5CCN(C(=O)OC(C)(C)C)CC5)ccc4n3)cc(F)c2n1. The highest BCUT2D eigenvalue weighted by Gasteiger charge is 2.28. The molecule has 7 nitrogen and oxygen atoms in total. The Hall–Kier alpha value is -3.55. The fourth-order valence-electron chi connectivity index (χ4n) is 4.46. The quantitative estimate of drug-likeness (QED) is 0.398. The van der Waals surface area contributed by atoms with Crippen LogP contribution in [0.1, 0.15) is 45.2 Å². The van der Waals surface area contributed by atoms with Crippen LogP contribution in [0, 0.1) is 5.82 Å². The molecule has 1 amide bonds. The summed E-state index contributed by atoms with van der Waals surface area (Å²) in [4.78, 5) is 23.7. The molecule has 34 heavy (non-hydrogen) atoms. The highest BCUT2D eigenvalue weighted by molar-refractivity contribution is 5.85. The van der Waals surface area contributed by atoms with Gasteiger partial charge in [0.05, 0.1) is 16.7 Å². The standard InChI is InChI=1S/C26H28FN5O2/c1-26(2,3)34-25(33)32-11-9-16(10-12-32)20-5-7-23-22(28-20)8-6-21(29-23)17-13-18-15-31(4)30-24(18)19(27)14-17/h5-8,13-16H,9-12H2,1-4H3. The fraction of sp³-hybridized carbons (Fsp3) is 0.385. The van der Waals surface area contributed by atoms with Gasteiger partial charge in [0.15, 0.2) is 5.82 Å². The molecule has 0 radical (unpaired) electrons. The van der Waals surface area contributed by atoms with Crippen molar-refractivity contribution in [3.8, 4) is 11.3 Å². The number of carbonyl (C=O) groups is 1. The summed E-state index contributed by atoms with van der Waals surface area (Å²) in [6, 6.07) is 11.2. The summed E-state index contributed by atoms with van der Waals surface area (Å²) in [5.41, 5.74) is 3.84. The van der Waals surface area contributed by atoms with E-state index in [-0.39, 0.29) is 17.8 Å². The van der Waals surface area contributed by atoms with Gasteiger partial charge in [0.2, 0.25) is 0 Å². The van der Waals surface area contributed by atoms with E-state index in [2.05, 4.69) is 5.10 Å². The van der Waals surface area contributed by atoms with E-state index < -0.39 is 5.60 Å². The molecule has 0 atom stereocenters. The second-order valence-electron chi connectivity index (χ2n) is 9.91. The molecule has 1 aliphatic heterocycles. The number of carbonyl (C=O) groups excluding carboxylic acids is 1. The number of piperidine rings is 1. The third-order valence-corrected chi connectivity index (χ3v) is 6.10. The molecule has 1 aliphatic rings. The van der Waals surface area contributed by atoms with Gasteiger partial charge in [0, 0.05) is 48.9 Å². The summed E-state index contributed by atoms with van der Waals surface area (Å²) < 4.78 is 21.6. The second-order valence-corrected chi connectivity index (χ2v) is 9.91. The topological polar surface area (TPSA) is 73.1 Å². The van der Waals surface area contributed by atoms with E-state index >= 15 is 0 Å². The Morgan fingerprint density at radius 1 is 1.06 bits per heavy atom. The van der Waals surface area contributed by atoms with Gasteiger partial charge >= 0.3 is 6.09 Å². The molecule has 176 valence electrons. The summed E-state index contributed by atoms with van der Waals surface area (Å²) in [5, 5.41) is 4.91. The first-order valence-corrected chi connectivity index (χ1v) is 11.6. The number of hydrogen-bond donors (Lipinski definition) is 0. The van der Waals surface area contributed by atoms with Crippen LogP contribution in [0.3, 0.4) is 0 Å². The summed E-state index contributed by atoms with van der Waals surface area (Å²) in [6.45, 7) is 6.94. The van der Waals surface area contributed by atoms with Gasteiger partial charge in [0.25, 0.3) is 0 Å². The van der Waals surface area contributed by atoms with Crippen LogP contribution in [0.25, 0.3) is 33.2 Å². The maximum atomic E-state index is 14.5. The van der Waals surface area contributed by atoms with Gasteiger partial charge in [-0.1, -0.05) is 0 Å². The molecule has 0 N–H and O–H groups in total. The lowest BCUT2D eigenvalue weighted by molar-refractivity contribution is 0.0204. The number of amides is 1. The maximum absolute atomic E-state index is 14.5. The monoisotopic (exact) mass is 461 g/mol. The molecular formula is C26H28FN5O2. The number of likely N-dealkylation sites (tertiary alicyclic amines) is 1. The molecular weight excluding hydrogens is 433 g/mol. The second kappa shape index (κ2) is 8.34. The Morgan fingerprint density at radius 2 is 1.76 bits per heavy atom. The Labute approximate surface area is 197 Å². The highest BCUT2D eigenvalue weighted by Crippen LogP contribution is 2.30. The van der Waals surface area contributed by atoms with Crippen molar-refractivity contribution in [3.63, 3.8) is 0 Å². The lowest BCUT2D eigenvalue weighted by atomic mass is 9.93. The number of fused-ring (bicyclic) bond motifs is 2. The van der Waals surface area contributed by atoms with Crippen LogP contribution in [0.5, 0.6) is 0 Å². The Bertz CT molecular complexity index is 1380. The first-order chi connectivity index (χ1) is 16.2. The van der Waals surface area contributed by atoms with E-state index in [1.54, 1.807) is 22.8 Å². The van der Waals surface area contributed by atoms with Crippen molar-refractivity contribution in [1.82, 2.24) is 24.6 Å². The molecule has 5 rings (SSSR count). The first-order valence-electron chi connectivity index (χ1n) is 11.6. The molecule has 4 aromatic rings. The van der Waals surface area contributed by atoms with Crippen LogP contribution in [-0.4, -0.2) is 49.4 Å². The van der Waals surface area contributed by atoms with Crippen molar-refractivity contribution in [2.45, 2.75) is 45.1 Å². The Morgan fingerprint density at radius 3 is 2.50 bits per heavy atom. The molecule has 8 heteroatoms. The van der Waals surface area contributed by atoms with Gasteiger partial charge in [0.1, 0.15) is 11.1 Å². The van der Waals surface area contributed by atoms with Crippen LogP contribution in [0.2, 0.25) is 0 Å². The molecule has 1 saturated heterocycles. The average molecular weight is 462 g/mol. The average Bonchev–Trinajstić information content (AvgIpc) is 3.18. The first kappa shape index (κ1) is 22.3. The van der Waals surface area contributed by atoms with E-state index in [4.69, 9.17) is 14.7 Å². The lowest BCUT2D eigenvalue weighted by Gasteiger charge is -2.33. The van der Waals surface area contributed by atoms with Gasteiger partial charge in [-0.2, -0.15) is 5.10 Å². The number of ether oxygens (including phenoxy) is 1. The third-order valence-electron chi connectivity index (χ3n) is 6.10. The minimum absolute atomic E-state index is 0.255. The molecule has 1 fully saturated rings. The largest absolute Gasteiger partial charge is 0.444 e. The number of nitrogens with zero attached hydrogens (tertiary/aromatic N) is 5. The third kappa shape index (κ3) is 4.44. The molecule has 0 aliphatic carbocycles. The van der Waals surface area contributed by atoms with Gasteiger partial charge < -0.3 is 9.64 Å². The Kier molecular flexibility index (Phi) is 5.46. The van der Waals surface area contributed by atoms with Crippen molar-refractivity contribution >= 4 is 28.0 Å². The van der Waals surface area contributed by atoms with E-state index in [1.165, 1.54) is 6.07 Å². The number of hydrogen-bond acceptors (Lipinski definition) is 5. The summed E-state index contributed by atoms with van der Waals surface area (Å²) in [7, 11) is 1.78. The Balaban J connectivity index is 1.34. The van der Waals surface area contributed by atoms with E-state index in [0.717, 1.165) is 35.0 Å². The van der Waals surface area contributed by atoms with Crippen LogP contribution in [-0.2, 0) is 11.8 Å². The number of halogens is 1. The van der Waals surface area contributed by atoms with Crippen molar-refractivity contribution in [3.05, 3.63) is 54.1 Å². The minimum Gasteiger partial charge on any atom is -0.444 e. The van der Waals surface area contributed by atoms with E-state index in [0.29, 0.717) is 29.9 Å².